The number of hydrogen-bond donors (Lipinski definition) is 3. The second kappa shape index (κ2) is 7.64. The van der Waals surface area contributed by atoms with Crippen molar-refractivity contribution in [1.29, 1.82) is 0 Å². The fourth-order valence-electron chi connectivity index (χ4n) is 1.76. The van der Waals surface area contributed by atoms with Crippen molar-refractivity contribution in [3.63, 3.8) is 0 Å². The standard InChI is InChI=1S/C15H14N4O4/c20-13(16-9-14(21)22)7-10-1-3-12(4-2-10)19-15(23)11-5-6-17-18-8-11/h1-6,8H,7,9H2,(H,16,20)(H,19,23)(H,21,22). The van der Waals surface area contributed by atoms with E-state index in [1.54, 1.807) is 30.3 Å². The predicted octanol–water partition coefficient (Wildman–Crippen LogP) is 0.472. The lowest BCUT2D eigenvalue weighted by atomic mass is 10.1. The highest BCUT2D eigenvalue weighted by Crippen LogP contribution is 2.11. The number of aliphatic carboxylic acids is 1. The molecule has 0 aliphatic carbocycles. The summed E-state index contributed by atoms with van der Waals surface area (Å²) in [6.07, 6.45) is 2.85. The molecule has 3 N–H and O–H groups in total. The van der Waals surface area contributed by atoms with Crippen molar-refractivity contribution in [3.05, 3.63) is 53.9 Å². The molecule has 1 aromatic heterocycles. The fraction of sp³-hybridized carbons (Fsp3) is 0.133. The van der Waals surface area contributed by atoms with Gasteiger partial charge in [-0.2, -0.15) is 10.2 Å². The van der Waals surface area contributed by atoms with Crippen LogP contribution in [0.4, 0.5) is 5.69 Å². The van der Waals surface area contributed by atoms with Crippen molar-refractivity contribution in [3.8, 4) is 0 Å². The number of nitrogens with zero attached hydrogens (tertiary/aromatic N) is 2. The largest absolute Gasteiger partial charge is 0.480 e. The number of carbonyl (C=O) groups excluding carboxylic acids is 2. The third kappa shape index (κ3) is 5.20. The normalized spacial score (nSPS) is 9.91. The lowest BCUT2D eigenvalue weighted by molar-refractivity contribution is -0.137. The van der Waals surface area contributed by atoms with Crippen LogP contribution in [0.15, 0.2) is 42.7 Å². The summed E-state index contributed by atoms with van der Waals surface area (Å²) in [5.74, 6) is -1.79. The van der Waals surface area contributed by atoms with Gasteiger partial charge in [-0.3, -0.25) is 14.4 Å². The molecule has 0 spiro atoms. The maximum absolute atomic E-state index is 11.9. The van der Waals surface area contributed by atoms with Crippen LogP contribution in [0.3, 0.4) is 0 Å². The molecule has 1 aromatic carbocycles. The topological polar surface area (TPSA) is 121 Å². The molecule has 0 saturated carbocycles. The van der Waals surface area contributed by atoms with Gasteiger partial charge in [-0.05, 0) is 23.8 Å². The van der Waals surface area contributed by atoms with Gasteiger partial charge in [0.25, 0.3) is 5.91 Å². The quantitative estimate of drug-likeness (QED) is 0.712. The summed E-state index contributed by atoms with van der Waals surface area (Å²) in [5.41, 5.74) is 1.66. The summed E-state index contributed by atoms with van der Waals surface area (Å²) in [6, 6.07) is 8.23. The fourth-order valence-corrected chi connectivity index (χ4v) is 1.76. The van der Waals surface area contributed by atoms with Gasteiger partial charge in [0.05, 0.1) is 24.4 Å². The van der Waals surface area contributed by atoms with Gasteiger partial charge in [-0.1, -0.05) is 12.1 Å². The number of nitrogens with one attached hydrogen (secondary N) is 2. The van der Waals surface area contributed by atoms with E-state index in [2.05, 4.69) is 20.8 Å². The van der Waals surface area contributed by atoms with Crippen molar-refractivity contribution in [2.24, 2.45) is 0 Å². The second-order valence-corrected chi connectivity index (χ2v) is 4.63. The van der Waals surface area contributed by atoms with Gasteiger partial charge in [0.2, 0.25) is 5.91 Å². The van der Waals surface area contributed by atoms with Crippen LogP contribution in [-0.4, -0.2) is 39.6 Å². The highest BCUT2D eigenvalue weighted by atomic mass is 16.4. The van der Waals surface area contributed by atoms with Crippen LogP contribution in [-0.2, 0) is 16.0 Å². The summed E-state index contributed by atoms with van der Waals surface area (Å²) in [5, 5.41) is 20.7. The van der Waals surface area contributed by atoms with Gasteiger partial charge in [-0.15, -0.1) is 0 Å². The molecule has 1 heterocycles. The van der Waals surface area contributed by atoms with E-state index in [1.807, 2.05) is 0 Å². The van der Waals surface area contributed by atoms with E-state index in [0.717, 1.165) is 0 Å². The summed E-state index contributed by atoms with van der Waals surface area (Å²) in [6.45, 7) is -0.410. The first kappa shape index (κ1) is 16.1. The first-order valence-electron chi connectivity index (χ1n) is 6.70. The van der Waals surface area contributed by atoms with Gasteiger partial charge in [0, 0.05) is 5.69 Å². The summed E-state index contributed by atoms with van der Waals surface area (Å²) < 4.78 is 0. The molecule has 0 atom stereocenters. The van der Waals surface area contributed by atoms with Crippen LogP contribution in [0, 0.1) is 0 Å². The molecule has 8 nitrogen and oxygen atoms in total. The lowest BCUT2D eigenvalue weighted by Crippen LogP contribution is -2.30. The number of carbonyl (C=O) groups is 3. The van der Waals surface area contributed by atoms with E-state index in [1.165, 1.54) is 12.4 Å². The van der Waals surface area contributed by atoms with Gasteiger partial charge in [0.15, 0.2) is 0 Å². The first-order chi connectivity index (χ1) is 11.0. The molecule has 8 heteroatoms. The first-order valence-corrected chi connectivity index (χ1v) is 6.70. The maximum Gasteiger partial charge on any atom is 0.322 e. The highest BCUT2D eigenvalue weighted by Gasteiger charge is 2.08. The van der Waals surface area contributed by atoms with Gasteiger partial charge < -0.3 is 15.7 Å². The number of amides is 2. The van der Waals surface area contributed by atoms with Crippen LogP contribution < -0.4 is 10.6 Å². The molecular weight excluding hydrogens is 300 g/mol. The van der Waals surface area contributed by atoms with Crippen LogP contribution in [0.5, 0.6) is 0 Å². The van der Waals surface area contributed by atoms with Gasteiger partial charge in [0.1, 0.15) is 6.54 Å². The highest BCUT2D eigenvalue weighted by molar-refractivity contribution is 6.03. The zero-order chi connectivity index (χ0) is 16.7. The third-order valence-electron chi connectivity index (χ3n) is 2.86. The Morgan fingerprint density at radius 1 is 1.04 bits per heavy atom. The van der Waals surface area contributed by atoms with Crippen molar-refractivity contribution >= 4 is 23.5 Å². The zero-order valence-corrected chi connectivity index (χ0v) is 12.0. The molecule has 0 aliphatic rings. The monoisotopic (exact) mass is 314 g/mol. The van der Waals surface area contributed by atoms with Crippen molar-refractivity contribution in [2.75, 3.05) is 11.9 Å². The molecule has 0 bridgehead atoms. The summed E-state index contributed by atoms with van der Waals surface area (Å²) in [4.78, 5) is 33.8. The molecule has 0 fully saturated rings. The molecule has 23 heavy (non-hydrogen) atoms. The Balaban J connectivity index is 1.90. The van der Waals surface area contributed by atoms with Gasteiger partial charge in [-0.25, -0.2) is 0 Å². The Bertz CT molecular complexity index is 701. The van der Waals surface area contributed by atoms with E-state index in [4.69, 9.17) is 5.11 Å². The van der Waals surface area contributed by atoms with Crippen LogP contribution >= 0.6 is 0 Å². The molecule has 2 amide bonds. The van der Waals surface area contributed by atoms with E-state index in [9.17, 15) is 14.4 Å². The lowest BCUT2D eigenvalue weighted by Gasteiger charge is -2.06. The molecule has 118 valence electrons. The van der Waals surface area contributed by atoms with E-state index in [0.29, 0.717) is 16.8 Å². The zero-order valence-electron chi connectivity index (χ0n) is 12.0. The summed E-state index contributed by atoms with van der Waals surface area (Å²) >= 11 is 0. The maximum atomic E-state index is 11.9. The Hall–Kier alpha value is -3.29. The molecule has 0 radical (unpaired) electrons. The Morgan fingerprint density at radius 3 is 2.39 bits per heavy atom. The van der Waals surface area contributed by atoms with Crippen molar-refractivity contribution < 1.29 is 19.5 Å². The molecule has 0 unspecified atom stereocenters. The predicted molar refractivity (Wildman–Crippen MR) is 80.8 cm³/mol. The Kier molecular flexibility index (Phi) is 5.35. The summed E-state index contributed by atoms with van der Waals surface area (Å²) in [7, 11) is 0. The van der Waals surface area contributed by atoms with Gasteiger partial charge >= 0.3 is 5.97 Å². The number of anilines is 1. The third-order valence-corrected chi connectivity index (χ3v) is 2.86. The number of rotatable bonds is 6. The molecule has 0 saturated heterocycles. The molecule has 2 aromatic rings. The smallest absolute Gasteiger partial charge is 0.322 e. The number of carboxylic acid groups (broad SMARTS) is 1. The average Bonchev–Trinajstić information content (AvgIpc) is 2.55. The minimum Gasteiger partial charge on any atom is -0.480 e. The minimum atomic E-state index is -1.10. The average molecular weight is 314 g/mol. The number of aromatic nitrogens is 2. The van der Waals surface area contributed by atoms with Crippen LogP contribution in [0.2, 0.25) is 0 Å². The van der Waals surface area contributed by atoms with Crippen molar-refractivity contribution in [2.45, 2.75) is 6.42 Å². The minimum absolute atomic E-state index is 0.0653. The molecule has 2 rings (SSSR count). The second-order valence-electron chi connectivity index (χ2n) is 4.63. The number of benzene rings is 1. The number of carboxylic acids is 1. The van der Waals surface area contributed by atoms with E-state index in [-0.39, 0.29) is 18.2 Å². The van der Waals surface area contributed by atoms with Crippen LogP contribution in [0.25, 0.3) is 0 Å². The SMILES string of the molecule is O=C(O)CNC(=O)Cc1ccc(NC(=O)c2ccnnc2)cc1. The Labute approximate surface area is 131 Å². The van der Waals surface area contributed by atoms with E-state index < -0.39 is 12.5 Å². The molecule has 0 aliphatic heterocycles. The van der Waals surface area contributed by atoms with E-state index >= 15 is 0 Å². The number of hydrogen-bond acceptors (Lipinski definition) is 5. The Morgan fingerprint density at radius 2 is 1.78 bits per heavy atom. The molecular formula is C15H14N4O4. The van der Waals surface area contributed by atoms with Crippen LogP contribution in [0.1, 0.15) is 15.9 Å². The van der Waals surface area contributed by atoms with Crippen molar-refractivity contribution in [1.82, 2.24) is 15.5 Å².